The molecule has 1 amide bonds. The van der Waals surface area contributed by atoms with Crippen LogP contribution in [0.3, 0.4) is 0 Å². The van der Waals surface area contributed by atoms with Gasteiger partial charge in [-0.05, 0) is 30.5 Å². The molecular weight excluding hydrogens is 370 g/mol. The lowest BCUT2D eigenvalue weighted by Crippen LogP contribution is -2.49. The van der Waals surface area contributed by atoms with Crippen molar-refractivity contribution in [2.75, 3.05) is 27.3 Å². The number of carbonyl (C=O) groups is 1. The normalized spacial score (nSPS) is 20.4. The van der Waals surface area contributed by atoms with Gasteiger partial charge in [0.25, 0.3) is 11.5 Å². The second kappa shape index (κ2) is 6.69. The van der Waals surface area contributed by atoms with E-state index in [9.17, 15) is 9.59 Å². The molecule has 3 aromatic rings. The number of nitrogens with zero attached hydrogens (tertiary/aromatic N) is 2. The van der Waals surface area contributed by atoms with Crippen molar-refractivity contribution in [1.82, 2.24) is 14.5 Å². The van der Waals surface area contributed by atoms with Crippen LogP contribution in [0.25, 0.3) is 10.9 Å². The van der Waals surface area contributed by atoms with Gasteiger partial charge in [0.15, 0.2) is 11.5 Å². The number of aromatic amines is 1. The number of nitrogens with one attached hydrogen (secondary N) is 1. The average Bonchev–Trinajstić information content (AvgIpc) is 3.15. The van der Waals surface area contributed by atoms with E-state index in [1.807, 2.05) is 39.8 Å². The number of piperidine rings is 1. The number of methoxy groups -OCH3 is 2. The van der Waals surface area contributed by atoms with Gasteiger partial charge in [-0.25, -0.2) is 0 Å². The summed E-state index contributed by atoms with van der Waals surface area (Å²) in [7, 11) is 3.19. The molecule has 2 aliphatic heterocycles. The van der Waals surface area contributed by atoms with E-state index in [0.717, 1.165) is 23.0 Å². The van der Waals surface area contributed by atoms with Crippen LogP contribution in [0.4, 0.5) is 0 Å². The number of benzene rings is 1. The highest BCUT2D eigenvalue weighted by atomic mass is 16.5. The first kappa shape index (κ1) is 17.8. The Hall–Kier alpha value is -3.22. The number of fused-ring (bicyclic) bond motifs is 5. The number of rotatable bonds is 3. The van der Waals surface area contributed by atoms with Crippen molar-refractivity contribution in [2.45, 2.75) is 18.9 Å². The van der Waals surface area contributed by atoms with E-state index in [1.54, 1.807) is 20.3 Å². The fraction of sp³-hybridized carbons (Fsp3) is 0.364. The molecule has 1 aromatic carbocycles. The maximum absolute atomic E-state index is 13.3. The average molecular weight is 393 g/mol. The Labute approximate surface area is 167 Å². The Morgan fingerprint density at radius 1 is 1.07 bits per heavy atom. The Kier molecular flexibility index (Phi) is 4.12. The highest BCUT2D eigenvalue weighted by Crippen LogP contribution is 2.36. The van der Waals surface area contributed by atoms with Crippen LogP contribution >= 0.6 is 0 Å². The van der Waals surface area contributed by atoms with E-state index in [4.69, 9.17) is 9.47 Å². The smallest absolute Gasteiger partial charge is 0.270 e. The van der Waals surface area contributed by atoms with Crippen molar-refractivity contribution in [3.05, 3.63) is 58.1 Å². The highest BCUT2D eigenvalue weighted by Gasteiger charge is 2.36. The van der Waals surface area contributed by atoms with Gasteiger partial charge in [-0.15, -0.1) is 0 Å². The number of aromatic nitrogens is 2. The van der Waals surface area contributed by atoms with Crippen LogP contribution in [-0.2, 0) is 6.54 Å². The molecule has 150 valence electrons. The SMILES string of the molecule is COc1cc2cc(C(=O)N3C[C@@H]4C[C@H](C3)c3cccc(=O)n3C4)[nH]c2cc1OC. The first-order valence-corrected chi connectivity index (χ1v) is 9.81. The maximum atomic E-state index is 13.3. The summed E-state index contributed by atoms with van der Waals surface area (Å²) in [6.07, 6.45) is 1.02. The lowest BCUT2D eigenvalue weighted by atomic mass is 9.83. The zero-order chi connectivity index (χ0) is 20.1. The van der Waals surface area contributed by atoms with Crippen LogP contribution in [0.1, 0.15) is 28.5 Å². The van der Waals surface area contributed by atoms with Gasteiger partial charge in [-0.2, -0.15) is 0 Å². The highest BCUT2D eigenvalue weighted by molar-refractivity contribution is 5.98. The second-order valence-electron chi connectivity index (χ2n) is 7.89. The van der Waals surface area contributed by atoms with E-state index >= 15 is 0 Å². The fourth-order valence-electron chi connectivity index (χ4n) is 4.81. The molecule has 7 nitrogen and oxygen atoms in total. The van der Waals surface area contributed by atoms with Crippen LogP contribution in [0, 0.1) is 5.92 Å². The summed E-state index contributed by atoms with van der Waals surface area (Å²) < 4.78 is 12.6. The molecule has 0 spiro atoms. The van der Waals surface area contributed by atoms with Gasteiger partial charge in [0.05, 0.1) is 14.2 Å². The van der Waals surface area contributed by atoms with Crippen molar-refractivity contribution < 1.29 is 14.3 Å². The summed E-state index contributed by atoms with van der Waals surface area (Å²) >= 11 is 0. The molecule has 2 aromatic heterocycles. The molecule has 4 heterocycles. The predicted octanol–water partition coefficient (Wildman–Crippen LogP) is 2.61. The summed E-state index contributed by atoms with van der Waals surface area (Å²) in [6.45, 7) is 1.97. The monoisotopic (exact) mass is 393 g/mol. The van der Waals surface area contributed by atoms with Gasteiger partial charge in [0.1, 0.15) is 5.69 Å². The number of amides is 1. The molecule has 2 bridgehead atoms. The summed E-state index contributed by atoms with van der Waals surface area (Å²) in [6, 6.07) is 11.0. The summed E-state index contributed by atoms with van der Waals surface area (Å²) in [4.78, 5) is 30.6. The molecule has 29 heavy (non-hydrogen) atoms. The first-order chi connectivity index (χ1) is 14.1. The third-order valence-electron chi connectivity index (χ3n) is 6.12. The van der Waals surface area contributed by atoms with Gasteiger partial charge in [0.2, 0.25) is 0 Å². The van der Waals surface area contributed by atoms with Crippen LogP contribution in [0.5, 0.6) is 11.5 Å². The standard InChI is InChI=1S/C22H23N3O4/c1-28-19-8-14-7-17(23-16(14)9-20(19)29-2)22(27)24-10-13-6-15(12-24)18-4-3-5-21(26)25(18)11-13/h3-5,7-9,13,15,23H,6,10-12H2,1-2H3/t13-,15+/m0/s1. The summed E-state index contributed by atoms with van der Waals surface area (Å²) in [5.74, 6) is 1.74. The minimum atomic E-state index is -0.0134. The number of hydrogen-bond donors (Lipinski definition) is 1. The number of carbonyl (C=O) groups excluding carboxylic acids is 1. The summed E-state index contributed by atoms with van der Waals surface area (Å²) in [5.41, 5.74) is 2.48. The number of hydrogen-bond acceptors (Lipinski definition) is 4. The van der Waals surface area contributed by atoms with E-state index in [1.165, 1.54) is 0 Å². The van der Waals surface area contributed by atoms with Gasteiger partial charge in [-0.3, -0.25) is 9.59 Å². The molecule has 0 saturated carbocycles. The van der Waals surface area contributed by atoms with Crippen LogP contribution in [-0.4, -0.2) is 47.7 Å². The maximum Gasteiger partial charge on any atom is 0.270 e. The molecule has 7 heteroatoms. The Balaban J connectivity index is 1.45. The number of ether oxygens (including phenoxy) is 2. The molecule has 0 aliphatic carbocycles. The zero-order valence-corrected chi connectivity index (χ0v) is 16.5. The molecule has 1 N–H and O–H groups in total. The first-order valence-electron chi connectivity index (χ1n) is 9.81. The number of likely N-dealkylation sites (tertiary alicyclic amines) is 1. The van der Waals surface area contributed by atoms with Crippen molar-refractivity contribution in [3.8, 4) is 11.5 Å². The number of pyridine rings is 1. The Morgan fingerprint density at radius 3 is 2.66 bits per heavy atom. The van der Waals surface area contributed by atoms with Crippen molar-refractivity contribution in [3.63, 3.8) is 0 Å². The van der Waals surface area contributed by atoms with E-state index in [0.29, 0.717) is 42.7 Å². The third kappa shape index (κ3) is 2.88. The topological polar surface area (TPSA) is 76.6 Å². The van der Waals surface area contributed by atoms with Gasteiger partial charge in [-0.1, -0.05) is 6.07 Å². The second-order valence-corrected chi connectivity index (χ2v) is 7.89. The lowest BCUT2D eigenvalue weighted by molar-refractivity contribution is 0.0589. The van der Waals surface area contributed by atoms with E-state index in [2.05, 4.69) is 4.98 Å². The largest absolute Gasteiger partial charge is 0.493 e. The fourth-order valence-corrected chi connectivity index (χ4v) is 4.81. The molecule has 1 saturated heterocycles. The summed E-state index contributed by atoms with van der Waals surface area (Å²) in [5, 5.41) is 0.903. The minimum Gasteiger partial charge on any atom is -0.493 e. The van der Waals surface area contributed by atoms with Crippen molar-refractivity contribution >= 4 is 16.8 Å². The van der Waals surface area contributed by atoms with Gasteiger partial charge in [0, 0.05) is 54.3 Å². The lowest BCUT2D eigenvalue weighted by Gasteiger charge is -2.42. The minimum absolute atomic E-state index is 0.0134. The van der Waals surface area contributed by atoms with Crippen LogP contribution in [0.15, 0.2) is 41.2 Å². The molecule has 5 rings (SSSR count). The Bertz CT molecular complexity index is 1120. The van der Waals surface area contributed by atoms with Crippen molar-refractivity contribution in [1.29, 1.82) is 0 Å². The van der Waals surface area contributed by atoms with E-state index < -0.39 is 0 Å². The molecule has 1 fully saturated rings. The quantitative estimate of drug-likeness (QED) is 0.742. The van der Waals surface area contributed by atoms with Gasteiger partial charge < -0.3 is 23.9 Å². The van der Waals surface area contributed by atoms with Gasteiger partial charge >= 0.3 is 0 Å². The predicted molar refractivity (Wildman–Crippen MR) is 109 cm³/mol. The molecule has 2 atom stereocenters. The Morgan fingerprint density at radius 2 is 1.86 bits per heavy atom. The van der Waals surface area contributed by atoms with Crippen molar-refractivity contribution in [2.24, 2.45) is 5.92 Å². The molecular formula is C22H23N3O4. The molecule has 0 unspecified atom stereocenters. The van der Waals surface area contributed by atoms with Crippen LogP contribution in [0.2, 0.25) is 0 Å². The number of H-pyrrole nitrogens is 1. The molecule has 2 aliphatic rings. The zero-order valence-electron chi connectivity index (χ0n) is 16.5. The van der Waals surface area contributed by atoms with E-state index in [-0.39, 0.29) is 17.4 Å². The molecule has 0 radical (unpaired) electrons. The third-order valence-corrected chi connectivity index (χ3v) is 6.12. The van der Waals surface area contributed by atoms with Crippen LogP contribution < -0.4 is 15.0 Å².